The molecule has 2 aromatic rings. The largest absolute Gasteiger partial charge is 0.475 e. The van der Waals surface area contributed by atoms with Gasteiger partial charge in [0, 0.05) is 12.7 Å². The van der Waals surface area contributed by atoms with Crippen molar-refractivity contribution in [1.82, 2.24) is 15.6 Å². The maximum atomic E-state index is 12.8. The Morgan fingerprint density at radius 1 is 1.27 bits per heavy atom. The summed E-state index contributed by atoms with van der Waals surface area (Å²) >= 11 is 0. The highest BCUT2D eigenvalue weighted by atomic mass is 127. The highest BCUT2D eigenvalue weighted by Crippen LogP contribution is 2.34. The fraction of sp³-hybridized carbons (Fsp3) is 0.375. The molecule has 2 rings (SSSR count). The van der Waals surface area contributed by atoms with Crippen LogP contribution in [0.5, 0.6) is 5.88 Å². The molecule has 2 aromatic heterocycles. The van der Waals surface area contributed by atoms with Crippen LogP contribution in [0.4, 0.5) is 13.2 Å². The van der Waals surface area contributed by atoms with E-state index in [0.717, 1.165) is 6.07 Å². The van der Waals surface area contributed by atoms with E-state index in [1.165, 1.54) is 12.3 Å². The average Bonchev–Trinajstić information content (AvgIpc) is 3.09. The number of halogens is 4. The smallest absolute Gasteiger partial charge is 0.421 e. The van der Waals surface area contributed by atoms with Crippen LogP contribution in [0.3, 0.4) is 0 Å². The van der Waals surface area contributed by atoms with Crippen molar-refractivity contribution in [3.05, 3.63) is 48.0 Å². The minimum absolute atomic E-state index is 0. The molecule has 10 heteroatoms. The van der Waals surface area contributed by atoms with E-state index in [0.29, 0.717) is 24.8 Å². The van der Waals surface area contributed by atoms with Crippen LogP contribution in [-0.4, -0.2) is 30.6 Å². The lowest BCUT2D eigenvalue weighted by Gasteiger charge is -2.14. The molecule has 0 fully saturated rings. The Balaban J connectivity index is 0.00000338. The number of furan rings is 1. The van der Waals surface area contributed by atoms with Crippen LogP contribution < -0.4 is 15.4 Å². The van der Waals surface area contributed by atoms with E-state index in [4.69, 9.17) is 9.15 Å². The molecule has 0 amide bonds. The molecule has 0 aliphatic carbocycles. The third kappa shape index (κ3) is 7.10. The number of nitrogens with one attached hydrogen (secondary N) is 2. The number of pyridine rings is 1. The minimum atomic E-state index is -4.50. The zero-order chi connectivity index (χ0) is 18.1. The number of rotatable bonds is 7. The molecule has 0 radical (unpaired) electrons. The molecule has 0 unspecified atom stereocenters. The van der Waals surface area contributed by atoms with Crippen LogP contribution in [0.1, 0.15) is 18.2 Å². The number of aromatic nitrogens is 1. The predicted octanol–water partition coefficient (Wildman–Crippen LogP) is 3.45. The van der Waals surface area contributed by atoms with Gasteiger partial charge in [-0.15, -0.1) is 24.0 Å². The van der Waals surface area contributed by atoms with E-state index in [-0.39, 0.29) is 37.1 Å². The monoisotopic (exact) mass is 484 g/mol. The van der Waals surface area contributed by atoms with E-state index in [9.17, 15) is 13.2 Å². The summed E-state index contributed by atoms with van der Waals surface area (Å²) < 4.78 is 48.9. The van der Waals surface area contributed by atoms with Crippen molar-refractivity contribution in [3.8, 4) is 5.88 Å². The molecule has 0 bridgehead atoms. The van der Waals surface area contributed by atoms with Crippen molar-refractivity contribution >= 4 is 29.9 Å². The first-order chi connectivity index (χ1) is 12.0. The number of alkyl halides is 3. The summed E-state index contributed by atoms with van der Waals surface area (Å²) in [5.41, 5.74) is -0.895. The van der Waals surface area contributed by atoms with Crippen molar-refractivity contribution in [3.63, 3.8) is 0 Å². The normalized spacial score (nSPS) is 11.6. The molecule has 0 saturated carbocycles. The zero-order valence-corrected chi connectivity index (χ0v) is 16.4. The number of ether oxygens (including phenoxy) is 1. The van der Waals surface area contributed by atoms with Gasteiger partial charge < -0.3 is 19.8 Å². The first kappa shape index (κ1) is 22.1. The Morgan fingerprint density at radius 2 is 2.08 bits per heavy atom. The Hall–Kier alpha value is -1.98. The van der Waals surface area contributed by atoms with Crippen LogP contribution >= 0.6 is 24.0 Å². The molecule has 6 nitrogen and oxygen atoms in total. The maximum Gasteiger partial charge on any atom is 0.421 e. The minimum Gasteiger partial charge on any atom is -0.475 e. The van der Waals surface area contributed by atoms with Gasteiger partial charge in [-0.2, -0.15) is 13.2 Å². The summed E-state index contributed by atoms with van der Waals surface area (Å²) in [6, 6.07) is 5.73. The van der Waals surface area contributed by atoms with Gasteiger partial charge in [0.05, 0.1) is 12.8 Å². The van der Waals surface area contributed by atoms with Crippen molar-refractivity contribution in [2.45, 2.75) is 19.6 Å². The summed E-state index contributed by atoms with van der Waals surface area (Å²) in [5, 5.41) is 6.00. The standard InChI is InChI=1S/C16H19F3N4O2.HI/c1-2-20-15(23-11-12-5-4-9-24-12)22-8-10-25-14-13(16(17,18)19)6-3-7-21-14;/h3-7,9H,2,8,10-11H2,1H3,(H2,20,22,23);1H. The molecule has 0 saturated heterocycles. The van der Waals surface area contributed by atoms with Crippen LogP contribution in [0, 0.1) is 0 Å². The van der Waals surface area contributed by atoms with Gasteiger partial charge >= 0.3 is 6.18 Å². The number of hydrogen-bond donors (Lipinski definition) is 2. The molecular formula is C16H20F3IN4O2. The molecular weight excluding hydrogens is 464 g/mol. The molecule has 0 aliphatic heterocycles. The van der Waals surface area contributed by atoms with E-state index in [2.05, 4.69) is 20.6 Å². The molecule has 0 aliphatic rings. The van der Waals surface area contributed by atoms with Gasteiger partial charge in [0.1, 0.15) is 24.5 Å². The zero-order valence-electron chi connectivity index (χ0n) is 14.0. The van der Waals surface area contributed by atoms with E-state index < -0.39 is 17.6 Å². The van der Waals surface area contributed by atoms with Gasteiger partial charge in [0.25, 0.3) is 0 Å². The lowest BCUT2D eigenvalue weighted by molar-refractivity contribution is -0.139. The first-order valence-electron chi connectivity index (χ1n) is 7.70. The van der Waals surface area contributed by atoms with Crippen LogP contribution in [0.2, 0.25) is 0 Å². The third-order valence-corrected chi connectivity index (χ3v) is 3.03. The quantitative estimate of drug-likeness (QED) is 0.273. The topological polar surface area (TPSA) is 71.7 Å². The Kier molecular flexibility index (Phi) is 9.24. The van der Waals surface area contributed by atoms with Gasteiger partial charge in [0.2, 0.25) is 5.88 Å². The summed E-state index contributed by atoms with van der Waals surface area (Å²) in [4.78, 5) is 7.95. The second-order valence-electron chi connectivity index (χ2n) is 4.90. The van der Waals surface area contributed by atoms with Gasteiger partial charge in [-0.05, 0) is 31.2 Å². The Morgan fingerprint density at radius 3 is 2.73 bits per heavy atom. The summed E-state index contributed by atoms with van der Waals surface area (Å²) in [5.74, 6) is 0.783. The van der Waals surface area contributed by atoms with Crippen molar-refractivity contribution in [2.75, 3.05) is 19.7 Å². The van der Waals surface area contributed by atoms with Crippen molar-refractivity contribution in [2.24, 2.45) is 4.99 Å². The molecule has 26 heavy (non-hydrogen) atoms. The van der Waals surface area contributed by atoms with E-state index in [1.54, 1.807) is 18.4 Å². The fourth-order valence-corrected chi connectivity index (χ4v) is 1.94. The van der Waals surface area contributed by atoms with Crippen molar-refractivity contribution < 1.29 is 22.3 Å². The van der Waals surface area contributed by atoms with Gasteiger partial charge in [-0.25, -0.2) is 9.98 Å². The molecule has 2 heterocycles. The second kappa shape index (κ2) is 10.9. The summed E-state index contributed by atoms with van der Waals surface area (Å²) in [6.07, 6.45) is -1.69. The van der Waals surface area contributed by atoms with E-state index in [1.807, 2.05) is 6.92 Å². The van der Waals surface area contributed by atoms with Crippen molar-refractivity contribution in [1.29, 1.82) is 0 Å². The molecule has 0 aromatic carbocycles. The molecule has 144 valence electrons. The maximum absolute atomic E-state index is 12.8. The first-order valence-corrected chi connectivity index (χ1v) is 7.70. The number of guanidine groups is 1. The SMILES string of the molecule is CCNC(=NCc1ccco1)NCCOc1ncccc1C(F)(F)F.I. The van der Waals surface area contributed by atoms with Crippen LogP contribution in [-0.2, 0) is 12.7 Å². The number of nitrogens with zero attached hydrogens (tertiary/aromatic N) is 2. The van der Waals surface area contributed by atoms with E-state index >= 15 is 0 Å². The van der Waals surface area contributed by atoms with Gasteiger partial charge in [-0.3, -0.25) is 0 Å². The number of aliphatic imine (C=N–C) groups is 1. The average molecular weight is 484 g/mol. The third-order valence-electron chi connectivity index (χ3n) is 3.03. The lowest BCUT2D eigenvalue weighted by Crippen LogP contribution is -2.39. The summed E-state index contributed by atoms with van der Waals surface area (Å²) in [7, 11) is 0. The predicted molar refractivity (Wildman–Crippen MR) is 102 cm³/mol. The molecule has 2 N–H and O–H groups in total. The Labute approximate surface area is 166 Å². The van der Waals surface area contributed by atoms with Crippen LogP contribution in [0.15, 0.2) is 46.1 Å². The second-order valence-corrected chi connectivity index (χ2v) is 4.90. The Bertz CT molecular complexity index is 678. The van der Waals surface area contributed by atoms with Gasteiger partial charge in [0.15, 0.2) is 5.96 Å². The molecule has 0 spiro atoms. The van der Waals surface area contributed by atoms with Gasteiger partial charge in [-0.1, -0.05) is 0 Å². The lowest BCUT2D eigenvalue weighted by atomic mass is 10.2. The summed E-state index contributed by atoms with van der Waals surface area (Å²) in [6.45, 7) is 3.16. The fourth-order valence-electron chi connectivity index (χ4n) is 1.94. The van der Waals surface area contributed by atoms with Crippen LogP contribution in [0.25, 0.3) is 0 Å². The molecule has 0 atom stereocenters. The number of hydrogen-bond acceptors (Lipinski definition) is 4. The highest BCUT2D eigenvalue weighted by Gasteiger charge is 2.34. The highest BCUT2D eigenvalue weighted by molar-refractivity contribution is 14.0.